The first kappa shape index (κ1) is 13.8. The molecule has 0 atom stereocenters. The van der Waals surface area contributed by atoms with Gasteiger partial charge in [-0.25, -0.2) is 0 Å². The van der Waals surface area contributed by atoms with Crippen molar-refractivity contribution >= 4 is 11.6 Å². The van der Waals surface area contributed by atoms with Gasteiger partial charge in [-0.05, 0) is 44.2 Å². The Morgan fingerprint density at radius 1 is 1.24 bits per heavy atom. The molecular formula is C15H19N5O. The maximum atomic E-state index is 11.5. The summed E-state index contributed by atoms with van der Waals surface area (Å²) in [5, 5.41) is 14.2. The molecule has 1 amide bonds. The molecule has 0 fully saturated rings. The van der Waals surface area contributed by atoms with Crippen LogP contribution < -0.4 is 10.6 Å². The van der Waals surface area contributed by atoms with Crippen LogP contribution in [0, 0.1) is 0 Å². The van der Waals surface area contributed by atoms with Crippen LogP contribution in [-0.4, -0.2) is 34.3 Å². The molecule has 1 aliphatic heterocycles. The van der Waals surface area contributed by atoms with Gasteiger partial charge in [0.25, 0.3) is 0 Å². The van der Waals surface area contributed by atoms with Gasteiger partial charge in [0, 0.05) is 24.2 Å². The zero-order valence-corrected chi connectivity index (χ0v) is 12.1. The Morgan fingerprint density at radius 2 is 2.05 bits per heavy atom. The smallest absolute Gasteiger partial charge is 0.238 e. The zero-order valence-electron chi connectivity index (χ0n) is 12.1. The van der Waals surface area contributed by atoms with Gasteiger partial charge in [-0.1, -0.05) is 0 Å². The fourth-order valence-electron chi connectivity index (χ4n) is 2.59. The van der Waals surface area contributed by atoms with Gasteiger partial charge in [-0.15, -0.1) is 10.2 Å². The van der Waals surface area contributed by atoms with Crippen molar-refractivity contribution in [3.05, 3.63) is 30.1 Å². The van der Waals surface area contributed by atoms with Crippen molar-refractivity contribution in [2.24, 2.45) is 0 Å². The van der Waals surface area contributed by atoms with E-state index in [1.165, 1.54) is 12.8 Å². The van der Waals surface area contributed by atoms with Crippen molar-refractivity contribution in [1.29, 1.82) is 0 Å². The Hall–Kier alpha value is -2.21. The third kappa shape index (κ3) is 2.95. The molecule has 110 valence electrons. The van der Waals surface area contributed by atoms with Crippen molar-refractivity contribution < 1.29 is 4.79 Å². The van der Waals surface area contributed by atoms with E-state index in [1.807, 2.05) is 24.3 Å². The number of aryl methyl sites for hydroxylation is 1. The summed E-state index contributed by atoms with van der Waals surface area (Å²) in [6.45, 7) is 1.29. The van der Waals surface area contributed by atoms with Gasteiger partial charge in [0.05, 0.1) is 6.54 Å². The van der Waals surface area contributed by atoms with E-state index in [-0.39, 0.29) is 5.91 Å². The summed E-state index contributed by atoms with van der Waals surface area (Å²) in [6.07, 6.45) is 3.37. The lowest BCUT2D eigenvalue weighted by atomic mass is 10.1. The van der Waals surface area contributed by atoms with E-state index in [0.29, 0.717) is 6.54 Å². The van der Waals surface area contributed by atoms with Crippen molar-refractivity contribution in [2.75, 3.05) is 18.9 Å². The normalized spacial score (nSPS) is 13.8. The van der Waals surface area contributed by atoms with Gasteiger partial charge < -0.3 is 15.2 Å². The number of nitrogens with one attached hydrogen (secondary N) is 2. The SMILES string of the molecule is CNCC(=O)Nc1ccc(-c2nnc3n2CCCC3)cc1. The van der Waals surface area contributed by atoms with Crippen LogP contribution >= 0.6 is 0 Å². The molecule has 0 saturated carbocycles. The number of benzene rings is 1. The van der Waals surface area contributed by atoms with E-state index < -0.39 is 0 Å². The van der Waals surface area contributed by atoms with Gasteiger partial charge in [0.1, 0.15) is 5.82 Å². The zero-order chi connectivity index (χ0) is 14.7. The highest BCUT2D eigenvalue weighted by Crippen LogP contribution is 2.24. The molecular weight excluding hydrogens is 266 g/mol. The molecule has 6 nitrogen and oxygen atoms in total. The lowest BCUT2D eigenvalue weighted by Crippen LogP contribution is -2.24. The van der Waals surface area contributed by atoms with Crippen LogP contribution in [0.25, 0.3) is 11.4 Å². The van der Waals surface area contributed by atoms with Crippen molar-refractivity contribution in [3.8, 4) is 11.4 Å². The summed E-state index contributed by atoms with van der Waals surface area (Å²) in [6, 6.07) is 7.74. The second-order valence-corrected chi connectivity index (χ2v) is 5.20. The summed E-state index contributed by atoms with van der Waals surface area (Å²) in [5.74, 6) is 1.94. The highest BCUT2D eigenvalue weighted by atomic mass is 16.1. The molecule has 1 aromatic heterocycles. The number of anilines is 1. The van der Waals surface area contributed by atoms with E-state index in [2.05, 4.69) is 25.4 Å². The number of nitrogens with zero attached hydrogens (tertiary/aromatic N) is 3. The van der Waals surface area contributed by atoms with Crippen LogP contribution in [0.4, 0.5) is 5.69 Å². The van der Waals surface area contributed by atoms with Crippen LogP contribution in [0.1, 0.15) is 18.7 Å². The topological polar surface area (TPSA) is 71.8 Å². The number of aromatic nitrogens is 3. The molecule has 3 rings (SSSR count). The van der Waals surface area contributed by atoms with Crippen LogP contribution in [0.15, 0.2) is 24.3 Å². The number of carbonyl (C=O) groups excluding carboxylic acids is 1. The van der Waals surface area contributed by atoms with E-state index in [4.69, 9.17) is 0 Å². The van der Waals surface area contributed by atoms with Crippen molar-refractivity contribution in [3.63, 3.8) is 0 Å². The first-order valence-electron chi connectivity index (χ1n) is 7.25. The minimum absolute atomic E-state index is 0.0508. The first-order valence-corrected chi connectivity index (χ1v) is 7.25. The first-order chi connectivity index (χ1) is 10.3. The maximum absolute atomic E-state index is 11.5. The molecule has 2 N–H and O–H groups in total. The summed E-state index contributed by atoms with van der Waals surface area (Å²) in [7, 11) is 1.75. The number of amides is 1. The minimum atomic E-state index is -0.0508. The lowest BCUT2D eigenvalue weighted by molar-refractivity contribution is -0.115. The average Bonchev–Trinajstić information content (AvgIpc) is 2.92. The average molecular weight is 285 g/mol. The summed E-state index contributed by atoms with van der Waals surface area (Å²) < 4.78 is 2.19. The number of carbonyl (C=O) groups is 1. The Balaban J connectivity index is 1.78. The molecule has 2 aromatic rings. The Morgan fingerprint density at radius 3 is 2.81 bits per heavy atom. The van der Waals surface area contributed by atoms with E-state index in [0.717, 1.165) is 35.9 Å². The highest BCUT2D eigenvalue weighted by Gasteiger charge is 2.16. The third-order valence-electron chi connectivity index (χ3n) is 3.62. The Bertz CT molecular complexity index is 632. The summed E-state index contributed by atoms with van der Waals surface area (Å²) >= 11 is 0. The molecule has 1 aromatic carbocycles. The van der Waals surface area contributed by atoms with E-state index in [9.17, 15) is 4.79 Å². The highest BCUT2D eigenvalue weighted by molar-refractivity contribution is 5.92. The van der Waals surface area contributed by atoms with Crippen molar-refractivity contribution in [1.82, 2.24) is 20.1 Å². The third-order valence-corrected chi connectivity index (χ3v) is 3.62. The molecule has 21 heavy (non-hydrogen) atoms. The number of fused-ring (bicyclic) bond motifs is 1. The summed E-state index contributed by atoms with van der Waals surface area (Å²) in [4.78, 5) is 11.5. The quantitative estimate of drug-likeness (QED) is 0.891. The molecule has 0 bridgehead atoms. The molecule has 1 aliphatic rings. The number of hydrogen-bond donors (Lipinski definition) is 2. The molecule has 0 unspecified atom stereocenters. The Kier molecular flexibility index (Phi) is 3.96. The van der Waals surface area contributed by atoms with Crippen LogP contribution in [0.5, 0.6) is 0 Å². The summed E-state index contributed by atoms with van der Waals surface area (Å²) in [5.41, 5.74) is 1.82. The lowest BCUT2D eigenvalue weighted by Gasteiger charge is -2.14. The van der Waals surface area contributed by atoms with Gasteiger partial charge >= 0.3 is 0 Å². The fraction of sp³-hybridized carbons (Fsp3) is 0.400. The fourth-order valence-corrected chi connectivity index (χ4v) is 2.59. The van der Waals surface area contributed by atoms with Gasteiger partial charge in [-0.2, -0.15) is 0 Å². The van der Waals surface area contributed by atoms with Crippen LogP contribution in [0.3, 0.4) is 0 Å². The molecule has 6 heteroatoms. The van der Waals surface area contributed by atoms with Gasteiger partial charge in [0.2, 0.25) is 5.91 Å². The van der Waals surface area contributed by atoms with E-state index in [1.54, 1.807) is 7.05 Å². The predicted molar refractivity (Wildman–Crippen MR) is 81.0 cm³/mol. The second-order valence-electron chi connectivity index (χ2n) is 5.20. The standard InChI is InChI=1S/C15H19N5O/c1-16-10-14(21)17-12-7-5-11(6-8-12)15-19-18-13-4-2-3-9-20(13)15/h5-8,16H,2-4,9-10H2,1H3,(H,17,21). The number of likely N-dealkylation sites (N-methyl/N-ethyl adjacent to an activating group) is 1. The van der Waals surface area contributed by atoms with Crippen LogP contribution in [-0.2, 0) is 17.8 Å². The molecule has 0 radical (unpaired) electrons. The van der Waals surface area contributed by atoms with Crippen molar-refractivity contribution in [2.45, 2.75) is 25.8 Å². The predicted octanol–water partition coefficient (Wildman–Crippen LogP) is 1.44. The molecule has 2 heterocycles. The van der Waals surface area contributed by atoms with Gasteiger partial charge in [0.15, 0.2) is 5.82 Å². The maximum Gasteiger partial charge on any atom is 0.238 e. The van der Waals surface area contributed by atoms with E-state index >= 15 is 0 Å². The molecule has 0 saturated heterocycles. The molecule has 0 aliphatic carbocycles. The van der Waals surface area contributed by atoms with Gasteiger partial charge in [-0.3, -0.25) is 4.79 Å². The molecule has 0 spiro atoms. The second kappa shape index (κ2) is 6.05. The number of hydrogen-bond acceptors (Lipinski definition) is 4. The van der Waals surface area contributed by atoms with Crippen LogP contribution in [0.2, 0.25) is 0 Å². The minimum Gasteiger partial charge on any atom is -0.325 e. The monoisotopic (exact) mass is 285 g/mol. The largest absolute Gasteiger partial charge is 0.325 e. The Labute approximate surface area is 123 Å². The number of rotatable bonds is 4.